The minimum Gasteiger partial charge on any atom is -0.462 e. The van der Waals surface area contributed by atoms with E-state index in [1.165, 1.54) is 295 Å². The van der Waals surface area contributed by atoms with Crippen LogP contribution in [0.15, 0.2) is 36.5 Å². The Balaban J connectivity index is 4.18. The number of allylic oxidation sites excluding steroid dienone is 6. The lowest BCUT2D eigenvalue weighted by Crippen LogP contribution is -2.30. The van der Waals surface area contributed by atoms with E-state index >= 15 is 0 Å². The Labute approximate surface area is 506 Å². The molecule has 0 fully saturated rings. The Morgan fingerprint density at radius 1 is 0.247 bits per heavy atom. The van der Waals surface area contributed by atoms with Gasteiger partial charge < -0.3 is 14.2 Å². The Hall–Kier alpha value is -2.37. The molecule has 0 heterocycles. The van der Waals surface area contributed by atoms with Crippen LogP contribution in [0, 0.1) is 0 Å². The zero-order valence-corrected chi connectivity index (χ0v) is 54.8. The van der Waals surface area contributed by atoms with Gasteiger partial charge in [-0.2, -0.15) is 0 Å². The van der Waals surface area contributed by atoms with Gasteiger partial charge in [0.05, 0.1) is 0 Å². The highest BCUT2D eigenvalue weighted by Gasteiger charge is 2.19. The Morgan fingerprint density at radius 3 is 0.716 bits per heavy atom. The molecular weight excluding hydrogens is 997 g/mol. The summed E-state index contributed by atoms with van der Waals surface area (Å²) in [5.74, 6) is -0.857. The summed E-state index contributed by atoms with van der Waals surface area (Å²) in [6.07, 6.45) is 87.6. The van der Waals surface area contributed by atoms with Crippen LogP contribution in [0.4, 0.5) is 0 Å². The molecule has 0 saturated heterocycles. The van der Waals surface area contributed by atoms with Crippen molar-refractivity contribution in [3.8, 4) is 0 Å². The fourth-order valence-corrected chi connectivity index (χ4v) is 11.1. The summed E-state index contributed by atoms with van der Waals surface area (Å²) in [7, 11) is 0. The molecule has 0 radical (unpaired) electrons. The van der Waals surface area contributed by atoms with E-state index in [2.05, 4.69) is 57.2 Å². The molecule has 0 saturated carbocycles. The van der Waals surface area contributed by atoms with Crippen molar-refractivity contribution < 1.29 is 28.6 Å². The smallest absolute Gasteiger partial charge is 0.306 e. The van der Waals surface area contributed by atoms with Crippen LogP contribution in [0.1, 0.15) is 406 Å². The summed E-state index contributed by atoms with van der Waals surface area (Å²) in [4.78, 5) is 38.4. The van der Waals surface area contributed by atoms with Gasteiger partial charge in [-0.15, -0.1) is 0 Å². The van der Waals surface area contributed by atoms with E-state index in [-0.39, 0.29) is 31.1 Å². The molecule has 0 bridgehead atoms. The number of ether oxygens (including phenoxy) is 3. The third-order valence-corrected chi connectivity index (χ3v) is 16.6. The summed E-state index contributed by atoms with van der Waals surface area (Å²) in [5.41, 5.74) is 0. The summed E-state index contributed by atoms with van der Waals surface area (Å²) >= 11 is 0. The molecule has 6 nitrogen and oxygen atoms in total. The molecule has 0 aromatic rings. The average molecular weight is 1140 g/mol. The standard InChI is InChI=1S/C75H140O6/c1-4-7-10-13-16-19-22-25-28-30-32-33-34-35-36-37-38-39-40-41-42-44-45-47-50-53-56-59-62-65-68-74(77)80-71-72(70-79-73(76)67-64-61-58-55-52-49-27-24-21-18-15-12-9-6-3)81-75(78)69-66-63-60-57-54-51-48-46-43-31-29-26-23-20-17-14-11-8-5-2/h17,20,24,26-27,29,72H,4-16,18-19,21-23,25,28,30-71H2,1-3H3/b20-17-,27-24-,29-26-. The first-order valence-corrected chi connectivity index (χ1v) is 36.5. The van der Waals surface area contributed by atoms with Crippen molar-refractivity contribution in [3.63, 3.8) is 0 Å². The van der Waals surface area contributed by atoms with Crippen LogP contribution in [0.2, 0.25) is 0 Å². The van der Waals surface area contributed by atoms with Gasteiger partial charge in [0.1, 0.15) is 13.2 Å². The fraction of sp³-hybridized carbons (Fsp3) is 0.880. The molecule has 6 heteroatoms. The summed E-state index contributed by atoms with van der Waals surface area (Å²) in [5, 5.41) is 0. The van der Waals surface area contributed by atoms with Gasteiger partial charge in [-0.05, 0) is 77.0 Å². The first-order valence-electron chi connectivity index (χ1n) is 36.5. The zero-order valence-electron chi connectivity index (χ0n) is 54.8. The Bertz CT molecular complexity index is 1350. The van der Waals surface area contributed by atoms with Gasteiger partial charge in [-0.25, -0.2) is 0 Å². The highest BCUT2D eigenvalue weighted by Crippen LogP contribution is 2.19. The molecule has 0 amide bonds. The van der Waals surface area contributed by atoms with Gasteiger partial charge >= 0.3 is 17.9 Å². The van der Waals surface area contributed by atoms with E-state index in [0.29, 0.717) is 19.3 Å². The molecule has 0 N–H and O–H groups in total. The number of rotatable bonds is 68. The molecule has 1 atom stereocenters. The highest BCUT2D eigenvalue weighted by molar-refractivity contribution is 5.71. The minimum absolute atomic E-state index is 0.0719. The number of unbranched alkanes of at least 4 members (excludes halogenated alkanes) is 51. The maximum absolute atomic E-state index is 12.9. The lowest BCUT2D eigenvalue weighted by molar-refractivity contribution is -0.167. The number of carbonyl (C=O) groups is 3. The molecule has 0 aromatic carbocycles. The van der Waals surface area contributed by atoms with Crippen LogP contribution < -0.4 is 0 Å². The molecule has 0 aliphatic rings. The summed E-state index contributed by atoms with van der Waals surface area (Å²) < 4.78 is 17.0. The van der Waals surface area contributed by atoms with Crippen molar-refractivity contribution in [3.05, 3.63) is 36.5 Å². The van der Waals surface area contributed by atoms with Crippen molar-refractivity contribution in [1.29, 1.82) is 0 Å². The maximum Gasteiger partial charge on any atom is 0.306 e. The molecule has 0 spiro atoms. The largest absolute Gasteiger partial charge is 0.462 e. The second-order valence-electron chi connectivity index (χ2n) is 24.9. The molecule has 476 valence electrons. The van der Waals surface area contributed by atoms with Crippen LogP contribution in [0.25, 0.3) is 0 Å². The van der Waals surface area contributed by atoms with E-state index in [0.717, 1.165) is 70.6 Å². The number of esters is 3. The van der Waals surface area contributed by atoms with Gasteiger partial charge in [0, 0.05) is 19.3 Å². The topological polar surface area (TPSA) is 78.9 Å². The SMILES string of the molecule is CCCCC/C=C\C/C=C\CCCCCCCCCCCC(=O)OC(COC(=O)CCCCCCC/C=C\CCCCCCC)COC(=O)CCCCCCCCCCCCCCCCCCCCCCCCCCCCCCCC. The lowest BCUT2D eigenvalue weighted by Gasteiger charge is -2.18. The van der Waals surface area contributed by atoms with Gasteiger partial charge in [0.15, 0.2) is 6.10 Å². The highest BCUT2D eigenvalue weighted by atomic mass is 16.6. The molecule has 1 unspecified atom stereocenters. The van der Waals surface area contributed by atoms with Crippen molar-refractivity contribution >= 4 is 17.9 Å². The van der Waals surface area contributed by atoms with E-state index in [4.69, 9.17) is 14.2 Å². The third-order valence-electron chi connectivity index (χ3n) is 16.6. The molecule has 0 aromatic heterocycles. The molecule has 81 heavy (non-hydrogen) atoms. The first-order chi connectivity index (χ1) is 40.0. The third kappa shape index (κ3) is 68.3. The average Bonchev–Trinajstić information content (AvgIpc) is 3.47. The lowest BCUT2D eigenvalue weighted by atomic mass is 10.0. The van der Waals surface area contributed by atoms with Crippen molar-refractivity contribution in [2.75, 3.05) is 13.2 Å². The molecule has 0 aliphatic carbocycles. The minimum atomic E-state index is -0.777. The zero-order chi connectivity index (χ0) is 58.5. The number of hydrogen-bond donors (Lipinski definition) is 0. The van der Waals surface area contributed by atoms with E-state index < -0.39 is 6.10 Å². The van der Waals surface area contributed by atoms with Crippen molar-refractivity contribution in [1.82, 2.24) is 0 Å². The van der Waals surface area contributed by atoms with Gasteiger partial charge in [0.25, 0.3) is 0 Å². The second kappa shape index (κ2) is 70.1. The quantitative estimate of drug-likeness (QED) is 0.0261. The van der Waals surface area contributed by atoms with Gasteiger partial charge in [0.2, 0.25) is 0 Å². The molecule has 0 rings (SSSR count). The fourth-order valence-electron chi connectivity index (χ4n) is 11.1. The number of hydrogen-bond acceptors (Lipinski definition) is 6. The monoisotopic (exact) mass is 1140 g/mol. The first kappa shape index (κ1) is 78.6. The van der Waals surface area contributed by atoms with Gasteiger partial charge in [-0.3, -0.25) is 14.4 Å². The van der Waals surface area contributed by atoms with Crippen LogP contribution in [0.5, 0.6) is 0 Å². The maximum atomic E-state index is 12.9. The Morgan fingerprint density at radius 2 is 0.444 bits per heavy atom. The van der Waals surface area contributed by atoms with Crippen LogP contribution in [-0.2, 0) is 28.6 Å². The van der Waals surface area contributed by atoms with Crippen molar-refractivity contribution in [2.45, 2.75) is 412 Å². The summed E-state index contributed by atoms with van der Waals surface area (Å²) in [6, 6.07) is 0. The van der Waals surface area contributed by atoms with Crippen molar-refractivity contribution in [2.24, 2.45) is 0 Å². The normalized spacial score (nSPS) is 12.2. The summed E-state index contributed by atoms with van der Waals surface area (Å²) in [6.45, 7) is 6.67. The second-order valence-corrected chi connectivity index (χ2v) is 24.9. The van der Waals surface area contributed by atoms with Gasteiger partial charge in [-0.1, -0.05) is 346 Å². The number of carbonyl (C=O) groups excluding carboxylic acids is 3. The van der Waals surface area contributed by atoms with Crippen LogP contribution >= 0.6 is 0 Å². The molecule has 0 aliphatic heterocycles. The Kier molecular flexibility index (Phi) is 68.1. The van der Waals surface area contributed by atoms with E-state index in [9.17, 15) is 14.4 Å². The van der Waals surface area contributed by atoms with Crippen LogP contribution in [0.3, 0.4) is 0 Å². The predicted octanol–water partition coefficient (Wildman–Crippen LogP) is 25.1. The predicted molar refractivity (Wildman–Crippen MR) is 353 cm³/mol. The van der Waals surface area contributed by atoms with E-state index in [1.54, 1.807) is 0 Å². The van der Waals surface area contributed by atoms with Crippen LogP contribution in [-0.4, -0.2) is 37.2 Å². The molecular formula is C75H140O6. The van der Waals surface area contributed by atoms with E-state index in [1.807, 2.05) is 0 Å².